The van der Waals surface area contributed by atoms with Crippen molar-refractivity contribution in [2.75, 3.05) is 18.4 Å². The molecule has 1 aromatic heterocycles. The highest BCUT2D eigenvalue weighted by atomic mass is 19.1. The first-order valence-corrected chi connectivity index (χ1v) is 7.57. The van der Waals surface area contributed by atoms with Crippen LogP contribution < -0.4 is 5.32 Å². The first-order valence-electron chi connectivity index (χ1n) is 7.57. The molecule has 1 rings (SSSR count). The van der Waals surface area contributed by atoms with Crippen molar-refractivity contribution in [2.45, 2.75) is 47.1 Å². The van der Waals surface area contributed by atoms with Crippen molar-refractivity contribution < 1.29 is 9.18 Å². The number of halogens is 1. The molecule has 0 aliphatic rings. The molecule has 0 aliphatic carbocycles. The molecule has 1 heterocycles. The Kier molecular flexibility index (Phi) is 6.59. The van der Waals surface area contributed by atoms with Crippen LogP contribution in [0.2, 0.25) is 0 Å². The lowest BCUT2D eigenvalue weighted by atomic mass is 10.1. The molecule has 0 spiro atoms. The summed E-state index contributed by atoms with van der Waals surface area (Å²) in [6, 6.07) is 1.48. The Morgan fingerprint density at radius 1 is 1.38 bits per heavy atom. The Morgan fingerprint density at radius 2 is 2.05 bits per heavy atom. The van der Waals surface area contributed by atoms with Gasteiger partial charge in [0.25, 0.3) is 5.91 Å². The minimum atomic E-state index is -0.564. The van der Waals surface area contributed by atoms with Crippen LogP contribution in [0.1, 0.15) is 51.4 Å². The highest BCUT2D eigenvalue weighted by molar-refractivity contribution is 5.95. The van der Waals surface area contributed by atoms with E-state index >= 15 is 0 Å². The van der Waals surface area contributed by atoms with Crippen molar-refractivity contribution in [3.8, 4) is 0 Å². The fraction of sp³-hybridized carbons (Fsp3) is 0.625. The molecule has 0 unspecified atom stereocenters. The molecular weight excluding hydrogens is 269 g/mol. The van der Waals surface area contributed by atoms with Gasteiger partial charge in [-0.2, -0.15) is 0 Å². The third-order valence-electron chi connectivity index (χ3n) is 3.11. The van der Waals surface area contributed by atoms with Crippen LogP contribution >= 0.6 is 0 Å². The molecule has 1 amide bonds. The molecule has 0 saturated carbocycles. The highest BCUT2D eigenvalue weighted by Crippen LogP contribution is 2.19. The lowest BCUT2D eigenvalue weighted by Gasteiger charge is -2.28. The van der Waals surface area contributed by atoms with Crippen molar-refractivity contribution in [1.82, 2.24) is 9.88 Å². The molecule has 1 N–H and O–H groups in total. The molecule has 5 heteroatoms. The summed E-state index contributed by atoms with van der Waals surface area (Å²) in [7, 11) is 0. The molecule has 118 valence electrons. The summed E-state index contributed by atoms with van der Waals surface area (Å²) in [6.07, 6.45) is 2.34. The predicted octanol–water partition coefficient (Wildman–Crippen LogP) is 3.55. The monoisotopic (exact) mass is 295 g/mol. The number of amides is 1. The average Bonchev–Trinajstić information content (AvgIpc) is 2.42. The van der Waals surface area contributed by atoms with Gasteiger partial charge in [0.15, 0.2) is 11.6 Å². The van der Waals surface area contributed by atoms with Crippen molar-refractivity contribution in [1.29, 1.82) is 0 Å². The van der Waals surface area contributed by atoms with E-state index in [1.807, 2.05) is 34.6 Å². The summed E-state index contributed by atoms with van der Waals surface area (Å²) in [6.45, 7) is 11.2. The maximum absolute atomic E-state index is 14.4. The van der Waals surface area contributed by atoms with Crippen LogP contribution in [0.4, 0.5) is 10.2 Å². The normalized spacial score (nSPS) is 11.0. The summed E-state index contributed by atoms with van der Waals surface area (Å²) in [5.41, 5.74) is 0.0814. The largest absolute Gasteiger partial charge is 0.368 e. The predicted molar refractivity (Wildman–Crippen MR) is 84.0 cm³/mol. The van der Waals surface area contributed by atoms with E-state index in [-0.39, 0.29) is 23.3 Å². The summed E-state index contributed by atoms with van der Waals surface area (Å²) in [4.78, 5) is 18.3. The quantitative estimate of drug-likeness (QED) is 0.836. The molecule has 4 nitrogen and oxygen atoms in total. The smallest absolute Gasteiger partial charge is 0.257 e. The van der Waals surface area contributed by atoms with Crippen molar-refractivity contribution in [3.05, 3.63) is 23.6 Å². The van der Waals surface area contributed by atoms with E-state index in [9.17, 15) is 9.18 Å². The molecular formula is C16H26FN3O. The summed E-state index contributed by atoms with van der Waals surface area (Å²) in [5.74, 6) is -0.363. The van der Waals surface area contributed by atoms with Crippen molar-refractivity contribution >= 4 is 11.7 Å². The zero-order chi connectivity index (χ0) is 16.0. The number of anilines is 1. The Bertz CT molecular complexity index is 475. The first-order chi connectivity index (χ1) is 9.88. The van der Waals surface area contributed by atoms with Gasteiger partial charge < -0.3 is 10.2 Å². The van der Waals surface area contributed by atoms with Gasteiger partial charge in [0, 0.05) is 25.3 Å². The molecule has 0 aromatic carbocycles. The number of hydrogen-bond donors (Lipinski definition) is 1. The van der Waals surface area contributed by atoms with Gasteiger partial charge in [-0.1, -0.05) is 20.8 Å². The zero-order valence-electron chi connectivity index (χ0n) is 13.6. The summed E-state index contributed by atoms with van der Waals surface area (Å²) in [5, 5.41) is 2.91. The summed E-state index contributed by atoms with van der Waals surface area (Å²) >= 11 is 0. The number of carbonyl (C=O) groups is 1. The lowest BCUT2D eigenvalue weighted by molar-refractivity contribution is 0.0677. The number of rotatable bonds is 7. The third kappa shape index (κ3) is 4.69. The van der Waals surface area contributed by atoms with Crippen LogP contribution in [0.3, 0.4) is 0 Å². The van der Waals surface area contributed by atoms with Crippen molar-refractivity contribution in [3.63, 3.8) is 0 Å². The molecule has 0 aliphatic heterocycles. The number of carbonyl (C=O) groups excluding carboxylic acids is 1. The topological polar surface area (TPSA) is 45.2 Å². The SMILES string of the molecule is CCCNc1nccc(C(=O)N(CC(C)C)C(C)C)c1F. The second kappa shape index (κ2) is 7.96. The second-order valence-electron chi connectivity index (χ2n) is 5.89. The van der Waals surface area contributed by atoms with Crippen LogP contribution in [0.25, 0.3) is 0 Å². The van der Waals surface area contributed by atoms with Gasteiger partial charge in [-0.05, 0) is 32.3 Å². The van der Waals surface area contributed by atoms with E-state index in [1.54, 1.807) is 4.90 Å². The van der Waals surface area contributed by atoms with E-state index in [2.05, 4.69) is 10.3 Å². The fourth-order valence-electron chi connectivity index (χ4n) is 2.05. The van der Waals surface area contributed by atoms with Gasteiger partial charge in [-0.15, -0.1) is 0 Å². The van der Waals surface area contributed by atoms with E-state index < -0.39 is 5.82 Å². The Balaban J connectivity index is 3.04. The number of nitrogens with zero attached hydrogens (tertiary/aromatic N) is 2. The minimum Gasteiger partial charge on any atom is -0.368 e. The molecule has 0 bridgehead atoms. The average molecular weight is 295 g/mol. The van der Waals surface area contributed by atoms with Crippen LogP contribution in [0.15, 0.2) is 12.3 Å². The lowest BCUT2D eigenvalue weighted by Crippen LogP contribution is -2.40. The van der Waals surface area contributed by atoms with Crippen molar-refractivity contribution in [2.24, 2.45) is 5.92 Å². The molecule has 0 fully saturated rings. The Morgan fingerprint density at radius 3 is 2.57 bits per heavy atom. The maximum Gasteiger partial charge on any atom is 0.257 e. The van der Waals surface area contributed by atoms with Gasteiger partial charge in [0.05, 0.1) is 5.56 Å². The summed E-state index contributed by atoms with van der Waals surface area (Å²) < 4.78 is 14.4. The standard InChI is InChI=1S/C16H26FN3O/c1-6-8-18-15-14(17)13(7-9-19-15)16(21)20(12(4)5)10-11(2)3/h7,9,11-12H,6,8,10H2,1-5H3,(H,18,19). The van der Waals surface area contributed by atoms with Crippen LogP contribution in [-0.4, -0.2) is 34.9 Å². The zero-order valence-corrected chi connectivity index (χ0v) is 13.6. The Labute approximate surface area is 126 Å². The van der Waals surface area contributed by atoms with E-state index in [0.717, 1.165) is 6.42 Å². The van der Waals surface area contributed by atoms with Crippen LogP contribution in [-0.2, 0) is 0 Å². The number of pyridine rings is 1. The highest BCUT2D eigenvalue weighted by Gasteiger charge is 2.24. The Hall–Kier alpha value is -1.65. The molecule has 0 radical (unpaired) electrons. The fourth-order valence-corrected chi connectivity index (χ4v) is 2.05. The van der Waals surface area contributed by atoms with E-state index in [1.165, 1.54) is 12.3 Å². The molecule has 0 atom stereocenters. The number of hydrogen-bond acceptors (Lipinski definition) is 3. The second-order valence-corrected chi connectivity index (χ2v) is 5.89. The van der Waals surface area contributed by atoms with Gasteiger partial charge in [0.2, 0.25) is 0 Å². The number of nitrogens with one attached hydrogen (secondary N) is 1. The third-order valence-corrected chi connectivity index (χ3v) is 3.11. The molecule has 21 heavy (non-hydrogen) atoms. The van der Waals surface area contributed by atoms with E-state index in [0.29, 0.717) is 19.0 Å². The van der Waals surface area contributed by atoms with Gasteiger partial charge >= 0.3 is 0 Å². The van der Waals surface area contributed by atoms with Gasteiger partial charge in [-0.3, -0.25) is 4.79 Å². The maximum atomic E-state index is 14.4. The van der Waals surface area contributed by atoms with Gasteiger partial charge in [0.1, 0.15) is 0 Å². The van der Waals surface area contributed by atoms with Crippen LogP contribution in [0.5, 0.6) is 0 Å². The van der Waals surface area contributed by atoms with E-state index in [4.69, 9.17) is 0 Å². The minimum absolute atomic E-state index is 0.0273. The first kappa shape index (κ1) is 17.4. The van der Waals surface area contributed by atoms with Crippen LogP contribution in [0, 0.1) is 11.7 Å². The number of aromatic nitrogens is 1. The molecule has 0 saturated heterocycles. The van der Waals surface area contributed by atoms with Gasteiger partial charge in [-0.25, -0.2) is 9.37 Å². The molecule has 1 aromatic rings.